The van der Waals surface area contributed by atoms with Gasteiger partial charge in [0.05, 0.1) is 0 Å². The van der Waals surface area contributed by atoms with Gasteiger partial charge in [-0.15, -0.1) is 0 Å². The van der Waals surface area contributed by atoms with Crippen LogP contribution in [-0.4, -0.2) is 48.1 Å². The largest absolute Gasteiger partial charge is 0.369 e. The van der Waals surface area contributed by atoms with Crippen molar-refractivity contribution in [1.82, 2.24) is 14.9 Å². The maximum atomic E-state index is 5.85. The molecule has 1 aliphatic heterocycles. The summed E-state index contributed by atoms with van der Waals surface area (Å²) in [5, 5.41) is 3.58. The molecule has 3 rings (SSSR count). The highest BCUT2D eigenvalue weighted by molar-refractivity contribution is 6.29. The van der Waals surface area contributed by atoms with Crippen LogP contribution >= 0.6 is 11.6 Å². The molecular weight excluding hydrogens is 286 g/mol. The molecule has 2 heterocycles. The van der Waals surface area contributed by atoms with Crippen LogP contribution in [0.4, 0.5) is 17.3 Å². The topological polar surface area (TPSA) is 44.3 Å². The van der Waals surface area contributed by atoms with Gasteiger partial charge >= 0.3 is 0 Å². The number of benzene rings is 1. The number of halogens is 1. The summed E-state index contributed by atoms with van der Waals surface area (Å²) < 4.78 is 0. The number of likely N-dealkylation sites (N-methyl/N-ethyl adjacent to an activating group) is 1. The third-order valence-corrected chi connectivity index (χ3v) is 3.82. The lowest BCUT2D eigenvalue weighted by atomic mass is 10.2. The van der Waals surface area contributed by atoms with Gasteiger partial charge in [-0.3, -0.25) is 0 Å². The molecule has 21 heavy (non-hydrogen) atoms. The average Bonchev–Trinajstić information content (AvgIpc) is 2.49. The zero-order valence-corrected chi connectivity index (χ0v) is 12.7. The number of aromatic nitrogens is 2. The Bertz CT molecular complexity index is 593. The lowest BCUT2D eigenvalue weighted by molar-refractivity contribution is 0.313. The van der Waals surface area contributed by atoms with Crippen LogP contribution < -0.4 is 10.2 Å². The van der Waals surface area contributed by atoms with Crippen molar-refractivity contribution in [1.29, 1.82) is 0 Å². The van der Waals surface area contributed by atoms with E-state index in [2.05, 4.69) is 44.3 Å². The lowest BCUT2D eigenvalue weighted by Gasteiger charge is -2.34. The van der Waals surface area contributed by atoms with E-state index in [9.17, 15) is 0 Å². The predicted molar refractivity (Wildman–Crippen MR) is 86.5 cm³/mol. The minimum absolute atomic E-state index is 0.432. The highest BCUT2D eigenvalue weighted by Gasteiger charge is 2.13. The fourth-order valence-corrected chi connectivity index (χ4v) is 2.48. The van der Waals surface area contributed by atoms with Crippen molar-refractivity contribution < 1.29 is 0 Å². The van der Waals surface area contributed by atoms with E-state index in [0.717, 1.165) is 31.9 Å². The smallest absolute Gasteiger partial charge is 0.228 e. The van der Waals surface area contributed by atoms with Gasteiger partial charge in [0.1, 0.15) is 5.15 Å². The van der Waals surface area contributed by atoms with Gasteiger partial charge in [0.15, 0.2) is 0 Å². The van der Waals surface area contributed by atoms with E-state index in [1.807, 2.05) is 12.1 Å². The molecule has 0 radical (unpaired) electrons. The monoisotopic (exact) mass is 303 g/mol. The molecule has 6 heteroatoms. The molecule has 5 nitrogen and oxygen atoms in total. The molecule has 110 valence electrons. The summed E-state index contributed by atoms with van der Waals surface area (Å²) in [5.41, 5.74) is 2.20. The standard InChI is InChI=1S/C15H18ClN5/c1-20-8-10-21(11-9-20)13-4-2-12(3-5-13)18-15-17-7-6-14(16)19-15/h2-7H,8-11H2,1H3,(H,17,18,19). The third kappa shape index (κ3) is 3.62. The highest BCUT2D eigenvalue weighted by Crippen LogP contribution is 2.21. The zero-order chi connectivity index (χ0) is 14.7. The highest BCUT2D eigenvalue weighted by atomic mass is 35.5. The zero-order valence-electron chi connectivity index (χ0n) is 12.0. The summed E-state index contributed by atoms with van der Waals surface area (Å²) in [6.07, 6.45) is 1.64. The van der Waals surface area contributed by atoms with Crippen LogP contribution in [0.25, 0.3) is 0 Å². The van der Waals surface area contributed by atoms with Gasteiger partial charge in [-0.1, -0.05) is 11.6 Å². The van der Waals surface area contributed by atoms with E-state index in [0.29, 0.717) is 11.1 Å². The molecule has 1 aromatic carbocycles. The number of nitrogens with one attached hydrogen (secondary N) is 1. The van der Waals surface area contributed by atoms with E-state index in [-0.39, 0.29) is 0 Å². The molecule has 0 unspecified atom stereocenters. The first kappa shape index (κ1) is 14.1. The number of hydrogen-bond acceptors (Lipinski definition) is 5. The van der Waals surface area contributed by atoms with Gasteiger partial charge in [0, 0.05) is 43.8 Å². The fourth-order valence-electron chi connectivity index (χ4n) is 2.35. The Labute approximate surface area is 129 Å². The van der Waals surface area contributed by atoms with Crippen LogP contribution in [0.15, 0.2) is 36.5 Å². The summed E-state index contributed by atoms with van der Waals surface area (Å²) in [5.74, 6) is 0.509. The Balaban J connectivity index is 1.66. The molecule has 2 aromatic rings. The normalized spacial score (nSPS) is 16.0. The first-order valence-corrected chi connectivity index (χ1v) is 7.38. The number of rotatable bonds is 3. The Hall–Kier alpha value is -1.85. The number of piperazine rings is 1. The van der Waals surface area contributed by atoms with Crippen LogP contribution in [0, 0.1) is 0 Å². The summed E-state index contributed by atoms with van der Waals surface area (Å²) in [4.78, 5) is 13.0. The fraction of sp³-hybridized carbons (Fsp3) is 0.333. The Kier molecular flexibility index (Phi) is 4.22. The lowest BCUT2D eigenvalue weighted by Crippen LogP contribution is -2.44. The maximum Gasteiger partial charge on any atom is 0.228 e. The van der Waals surface area contributed by atoms with Gasteiger partial charge in [0.2, 0.25) is 5.95 Å². The van der Waals surface area contributed by atoms with Crippen LogP contribution in [0.5, 0.6) is 0 Å². The minimum Gasteiger partial charge on any atom is -0.369 e. The summed E-state index contributed by atoms with van der Waals surface area (Å²) in [6.45, 7) is 4.36. The molecule has 1 aliphatic rings. The molecule has 0 bridgehead atoms. The van der Waals surface area contributed by atoms with Crippen LogP contribution in [0.3, 0.4) is 0 Å². The molecule has 0 atom stereocenters. The van der Waals surface area contributed by atoms with E-state index in [1.165, 1.54) is 5.69 Å². The van der Waals surface area contributed by atoms with Gasteiger partial charge in [-0.25, -0.2) is 9.97 Å². The Morgan fingerprint density at radius 1 is 1.05 bits per heavy atom. The SMILES string of the molecule is CN1CCN(c2ccc(Nc3nccc(Cl)n3)cc2)CC1. The van der Waals surface area contributed by atoms with Crippen molar-refractivity contribution in [2.24, 2.45) is 0 Å². The molecule has 1 N–H and O–H groups in total. The molecule has 0 amide bonds. The second-order valence-electron chi connectivity index (χ2n) is 5.17. The van der Waals surface area contributed by atoms with Crippen molar-refractivity contribution in [2.75, 3.05) is 43.4 Å². The van der Waals surface area contributed by atoms with Gasteiger partial charge < -0.3 is 15.1 Å². The minimum atomic E-state index is 0.432. The van der Waals surface area contributed by atoms with Crippen molar-refractivity contribution in [3.05, 3.63) is 41.7 Å². The van der Waals surface area contributed by atoms with Crippen molar-refractivity contribution in [3.63, 3.8) is 0 Å². The first-order valence-electron chi connectivity index (χ1n) is 7.00. The molecule has 0 aliphatic carbocycles. The van der Waals surface area contributed by atoms with Crippen LogP contribution in [0.2, 0.25) is 5.15 Å². The van der Waals surface area contributed by atoms with Crippen molar-refractivity contribution in [3.8, 4) is 0 Å². The van der Waals surface area contributed by atoms with E-state index >= 15 is 0 Å². The molecule has 1 fully saturated rings. The summed E-state index contributed by atoms with van der Waals surface area (Å²) in [6, 6.07) is 9.98. The number of hydrogen-bond donors (Lipinski definition) is 1. The van der Waals surface area contributed by atoms with E-state index in [1.54, 1.807) is 12.3 Å². The van der Waals surface area contributed by atoms with Gasteiger partial charge in [0.25, 0.3) is 0 Å². The third-order valence-electron chi connectivity index (χ3n) is 3.61. The Morgan fingerprint density at radius 2 is 1.76 bits per heavy atom. The van der Waals surface area contributed by atoms with E-state index < -0.39 is 0 Å². The van der Waals surface area contributed by atoms with Gasteiger partial charge in [-0.05, 0) is 37.4 Å². The average molecular weight is 304 g/mol. The number of nitrogens with zero attached hydrogens (tertiary/aromatic N) is 4. The molecular formula is C15H18ClN5. The van der Waals surface area contributed by atoms with E-state index in [4.69, 9.17) is 11.6 Å². The second kappa shape index (κ2) is 6.28. The predicted octanol–water partition coefficient (Wildman–Crippen LogP) is 2.63. The van der Waals surface area contributed by atoms with Crippen LogP contribution in [0.1, 0.15) is 0 Å². The van der Waals surface area contributed by atoms with Crippen molar-refractivity contribution >= 4 is 28.9 Å². The molecule has 1 aromatic heterocycles. The molecule has 0 spiro atoms. The van der Waals surface area contributed by atoms with Crippen molar-refractivity contribution in [2.45, 2.75) is 0 Å². The first-order chi connectivity index (χ1) is 10.2. The summed E-state index contributed by atoms with van der Waals surface area (Å²) in [7, 11) is 2.16. The number of anilines is 3. The Morgan fingerprint density at radius 3 is 2.43 bits per heavy atom. The van der Waals surface area contributed by atoms with Gasteiger partial charge in [-0.2, -0.15) is 0 Å². The second-order valence-corrected chi connectivity index (χ2v) is 5.55. The summed E-state index contributed by atoms with van der Waals surface area (Å²) >= 11 is 5.85. The molecule has 0 saturated carbocycles. The quantitative estimate of drug-likeness (QED) is 0.883. The van der Waals surface area contributed by atoms with Crippen LogP contribution in [-0.2, 0) is 0 Å². The molecule has 1 saturated heterocycles. The maximum absolute atomic E-state index is 5.85.